The summed E-state index contributed by atoms with van der Waals surface area (Å²) in [6.07, 6.45) is 4.85. The van der Waals surface area contributed by atoms with Crippen molar-refractivity contribution >= 4 is 11.4 Å². The summed E-state index contributed by atoms with van der Waals surface area (Å²) in [7, 11) is 0. The lowest BCUT2D eigenvalue weighted by molar-refractivity contribution is 0.305. The summed E-state index contributed by atoms with van der Waals surface area (Å²) in [6, 6.07) is 15.3. The summed E-state index contributed by atoms with van der Waals surface area (Å²) < 4.78 is 11.1. The van der Waals surface area contributed by atoms with Crippen molar-refractivity contribution in [3.63, 3.8) is 0 Å². The van der Waals surface area contributed by atoms with Gasteiger partial charge in [0.05, 0.1) is 24.6 Å². The number of hydrogen-bond acceptors (Lipinski definition) is 4. The lowest BCUT2D eigenvalue weighted by Crippen LogP contribution is -1.96. The first kappa shape index (κ1) is 18.0. The Kier molecular flexibility index (Phi) is 7.81. The van der Waals surface area contributed by atoms with Gasteiger partial charge in [0.25, 0.3) is 0 Å². The van der Waals surface area contributed by atoms with Crippen LogP contribution in [0.5, 0.6) is 11.5 Å². The Hall–Kier alpha value is -2.36. The van der Waals surface area contributed by atoms with Crippen LogP contribution in [0.1, 0.15) is 39.5 Å². The van der Waals surface area contributed by atoms with Crippen LogP contribution in [-0.2, 0) is 0 Å². The Balaban J connectivity index is 1.82. The van der Waals surface area contributed by atoms with Crippen molar-refractivity contribution in [3.05, 3.63) is 48.5 Å². The minimum atomic E-state index is 0.661. The van der Waals surface area contributed by atoms with Gasteiger partial charge in [-0.05, 0) is 61.9 Å². The highest BCUT2D eigenvalue weighted by Crippen LogP contribution is 2.23. The largest absolute Gasteiger partial charge is 0.494 e. The Labute approximate surface area is 144 Å². The first-order valence-corrected chi connectivity index (χ1v) is 8.69. The van der Waals surface area contributed by atoms with Crippen molar-refractivity contribution in [3.8, 4) is 11.5 Å². The van der Waals surface area contributed by atoms with Crippen LogP contribution in [0.2, 0.25) is 0 Å². The molecule has 0 amide bonds. The van der Waals surface area contributed by atoms with Crippen LogP contribution in [0, 0.1) is 0 Å². The molecule has 2 rings (SSSR count). The van der Waals surface area contributed by atoms with E-state index in [1.54, 1.807) is 0 Å². The van der Waals surface area contributed by atoms with Crippen LogP contribution in [0.3, 0.4) is 0 Å². The molecule has 0 bridgehead atoms. The fourth-order valence-electron chi connectivity index (χ4n) is 2.22. The lowest BCUT2D eigenvalue weighted by atomic mass is 10.2. The summed E-state index contributed by atoms with van der Waals surface area (Å²) in [6.45, 7) is 5.61. The molecule has 0 heterocycles. The van der Waals surface area contributed by atoms with Gasteiger partial charge in [0.15, 0.2) is 0 Å². The maximum atomic E-state index is 5.72. The zero-order valence-electron chi connectivity index (χ0n) is 14.6. The van der Waals surface area contributed by atoms with E-state index < -0.39 is 0 Å². The minimum absolute atomic E-state index is 0.661. The van der Waals surface area contributed by atoms with Crippen LogP contribution in [0.25, 0.3) is 0 Å². The second kappa shape index (κ2) is 10.4. The first-order chi connectivity index (χ1) is 11.8. The van der Waals surface area contributed by atoms with Gasteiger partial charge in [-0.15, -0.1) is 0 Å². The van der Waals surface area contributed by atoms with Crippen LogP contribution >= 0.6 is 0 Å². The highest BCUT2D eigenvalue weighted by molar-refractivity contribution is 5.44. The number of benzene rings is 2. The SMILES string of the molecule is CCCCCCOc1ccc(N=Nc2ccc(OCC)cc2)cc1. The number of hydrogen-bond donors (Lipinski definition) is 0. The van der Waals surface area contributed by atoms with E-state index in [4.69, 9.17) is 9.47 Å². The Morgan fingerprint density at radius 2 is 1.21 bits per heavy atom. The minimum Gasteiger partial charge on any atom is -0.494 e. The quantitative estimate of drug-likeness (QED) is 0.371. The first-order valence-electron chi connectivity index (χ1n) is 8.69. The molecule has 2 aromatic carbocycles. The number of nitrogens with zero attached hydrogens (tertiary/aromatic N) is 2. The predicted molar refractivity (Wildman–Crippen MR) is 97.9 cm³/mol. The van der Waals surface area contributed by atoms with Gasteiger partial charge in [-0.2, -0.15) is 10.2 Å². The molecule has 24 heavy (non-hydrogen) atoms. The van der Waals surface area contributed by atoms with Crippen molar-refractivity contribution in [2.75, 3.05) is 13.2 Å². The molecule has 0 aliphatic carbocycles. The summed E-state index contributed by atoms with van der Waals surface area (Å²) in [5, 5.41) is 8.47. The van der Waals surface area contributed by atoms with Crippen molar-refractivity contribution in [2.24, 2.45) is 10.2 Å². The third-order valence-corrected chi connectivity index (χ3v) is 3.53. The molecule has 4 heteroatoms. The van der Waals surface area contributed by atoms with Crippen molar-refractivity contribution < 1.29 is 9.47 Å². The van der Waals surface area contributed by atoms with E-state index in [-0.39, 0.29) is 0 Å². The molecule has 0 saturated heterocycles. The highest BCUT2D eigenvalue weighted by Gasteiger charge is 1.96. The van der Waals surface area contributed by atoms with Gasteiger partial charge in [-0.25, -0.2) is 0 Å². The van der Waals surface area contributed by atoms with E-state index in [9.17, 15) is 0 Å². The average Bonchev–Trinajstić information content (AvgIpc) is 2.62. The van der Waals surface area contributed by atoms with E-state index in [2.05, 4.69) is 17.2 Å². The van der Waals surface area contributed by atoms with Gasteiger partial charge in [0.1, 0.15) is 11.5 Å². The third kappa shape index (κ3) is 6.41. The van der Waals surface area contributed by atoms with Crippen LogP contribution in [0.4, 0.5) is 11.4 Å². The summed E-state index contributed by atoms with van der Waals surface area (Å²) in [5.41, 5.74) is 1.61. The fourth-order valence-corrected chi connectivity index (χ4v) is 2.22. The standard InChI is InChI=1S/C20H26N2O2/c1-3-5-6-7-16-24-20-14-10-18(11-15-20)22-21-17-8-12-19(13-9-17)23-4-2/h8-15H,3-7,16H2,1-2H3. The summed E-state index contributed by atoms with van der Waals surface area (Å²) in [5.74, 6) is 1.73. The van der Waals surface area contributed by atoms with E-state index in [1.165, 1.54) is 19.3 Å². The molecule has 0 aromatic heterocycles. The Morgan fingerprint density at radius 1 is 0.667 bits per heavy atom. The average molecular weight is 326 g/mol. The number of ether oxygens (including phenoxy) is 2. The Morgan fingerprint density at radius 3 is 1.71 bits per heavy atom. The van der Waals surface area contributed by atoms with Gasteiger partial charge in [-0.3, -0.25) is 0 Å². The molecule has 0 spiro atoms. The third-order valence-electron chi connectivity index (χ3n) is 3.53. The van der Waals surface area contributed by atoms with E-state index in [0.717, 1.165) is 35.9 Å². The molecule has 0 atom stereocenters. The molecular formula is C20H26N2O2. The number of azo groups is 1. The van der Waals surface area contributed by atoms with Crippen LogP contribution < -0.4 is 9.47 Å². The molecular weight excluding hydrogens is 300 g/mol. The van der Waals surface area contributed by atoms with Gasteiger partial charge in [-0.1, -0.05) is 26.2 Å². The molecule has 2 aromatic rings. The zero-order valence-corrected chi connectivity index (χ0v) is 14.6. The van der Waals surface area contributed by atoms with Crippen molar-refractivity contribution in [1.82, 2.24) is 0 Å². The molecule has 0 N–H and O–H groups in total. The second-order valence-corrected chi connectivity index (χ2v) is 5.53. The van der Waals surface area contributed by atoms with Crippen molar-refractivity contribution in [1.29, 1.82) is 0 Å². The molecule has 0 radical (unpaired) electrons. The predicted octanol–water partition coefficient (Wildman–Crippen LogP) is 6.46. The second-order valence-electron chi connectivity index (χ2n) is 5.53. The molecule has 0 fully saturated rings. The van der Waals surface area contributed by atoms with E-state index in [1.807, 2.05) is 55.5 Å². The summed E-state index contributed by atoms with van der Waals surface area (Å²) >= 11 is 0. The maximum Gasteiger partial charge on any atom is 0.119 e. The highest BCUT2D eigenvalue weighted by atomic mass is 16.5. The lowest BCUT2D eigenvalue weighted by Gasteiger charge is -2.05. The molecule has 4 nitrogen and oxygen atoms in total. The smallest absolute Gasteiger partial charge is 0.119 e. The van der Waals surface area contributed by atoms with Crippen LogP contribution in [-0.4, -0.2) is 13.2 Å². The van der Waals surface area contributed by atoms with Gasteiger partial charge in [0.2, 0.25) is 0 Å². The number of unbranched alkanes of at least 4 members (excludes halogenated alkanes) is 3. The number of rotatable bonds is 10. The Bertz CT molecular complexity index is 607. The van der Waals surface area contributed by atoms with E-state index in [0.29, 0.717) is 6.61 Å². The van der Waals surface area contributed by atoms with Crippen LogP contribution in [0.15, 0.2) is 58.8 Å². The normalized spacial score (nSPS) is 10.9. The monoisotopic (exact) mass is 326 g/mol. The summed E-state index contributed by atoms with van der Waals surface area (Å²) in [4.78, 5) is 0. The van der Waals surface area contributed by atoms with Crippen molar-refractivity contribution in [2.45, 2.75) is 39.5 Å². The maximum absolute atomic E-state index is 5.72. The van der Waals surface area contributed by atoms with Gasteiger partial charge >= 0.3 is 0 Å². The van der Waals surface area contributed by atoms with Gasteiger partial charge < -0.3 is 9.47 Å². The molecule has 0 unspecified atom stereocenters. The molecule has 0 aliphatic heterocycles. The van der Waals surface area contributed by atoms with E-state index >= 15 is 0 Å². The van der Waals surface area contributed by atoms with Gasteiger partial charge in [0, 0.05) is 0 Å². The molecule has 0 aliphatic rings. The zero-order chi connectivity index (χ0) is 17.0. The topological polar surface area (TPSA) is 43.2 Å². The fraction of sp³-hybridized carbons (Fsp3) is 0.400. The molecule has 128 valence electrons. The molecule has 0 saturated carbocycles.